The van der Waals surface area contributed by atoms with Gasteiger partial charge in [-0.25, -0.2) is 4.98 Å². The molecule has 0 aliphatic rings. The lowest BCUT2D eigenvalue weighted by Crippen LogP contribution is -1.84. The zero-order chi connectivity index (χ0) is 7.56. The van der Waals surface area contributed by atoms with Gasteiger partial charge in [-0.3, -0.25) is 0 Å². The van der Waals surface area contributed by atoms with Crippen molar-refractivity contribution in [3.63, 3.8) is 0 Å². The van der Waals surface area contributed by atoms with Gasteiger partial charge < -0.3 is 0 Å². The van der Waals surface area contributed by atoms with Crippen molar-refractivity contribution in [2.24, 2.45) is 0 Å². The third-order valence-electron chi connectivity index (χ3n) is 1.08. The van der Waals surface area contributed by atoms with Crippen LogP contribution < -0.4 is 0 Å². The summed E-state index contributed by atoms with van der Waals surface area (Å²) in [6.45, 7) is 0. The van der Waals surface area contributed by atoms with E-state index in [0.29, 0.717) is 21.6 Å². The maximum absolute atomic E-state index is 5.72. The molecule has 62 valence electrons. The van der Waals surface area contributed by atoms with Gasteiger partial charge in [0.1, 0.15) is 5.15 Å². The van der Waals surface area contributed by atoms with E-state index in [9.17, 15) is 0 Å². The number of aromatic nitrogens is 1. The summed E-state index contributed by atoms with van der Waals surface area (Å²) < 4.78 is 0. The van der Waals surface area contributed by atoms with Crippen molar-refractivity contribution in [1.29, 1.82) is 0 Å². The molecule has 1 heterocycles. The summed E-state index contributed by atoms with van der Waals surface area (Å²) in [5, 5.41) is 0.942. The highest BCUT2D eigenvalue weighted by molar-refractivity contribution is 6.36. The lowest BCUT2D eigenvalue weighted by Gasteiger charge is -1.98. The highest BCUT2D eigenvalue weighted by atomic mass is 35.5. The molecule has 0 atom stereocenters. The second-order valence-corrected chi connectivity index (χ2v) is 2.73. The van der Waals surface area contributed by atoms with Crippen LogP contribution in [0.25, 0.3) is 0 Å². The Morgan fingerprint density at radius 3 is 2.36 bits per heavy atom. The molecule has 1 aromatic heterocycles. The lowest BCUT2D eigenvalue weighted by atomic mass is 10.3. The van der Waals surface area contributed by atoms with Gasteiger partial charge in [-0.2, -0.15) is 0 Å². The quantitative estimate of drug-likeness (QED) is 0.533. The molecule has 0 amide bonds. The molecule has 0 N–H and O–H groups in total. The summed E-state index contributed by atoms with van der Waals surface area (Å²) in [7, 11) is 0. The largest absolute Gasteiger partial charge is 0.244 e. The fourth-order valence-corrected chi connectivity index (χ4v) is 1.46. The van der Waals surface area contributed by atoms with Crippen LogP contribution in [0.3, 0.4) is 0 Å². The molecule has 5 heteroatoms. The Balaban J connectivity index is 0.000001000. The van der Waals surface area contributed by atoms with Crippen molar-refractivity contribution < 1.29 is 0 Å². The fourth-order valence-electron chi connectivity index (χ4n) is 0.564. The molecule has 0 saturated carbocycles. The van der Waals surface area contributed by atoms with Crippen LogP contribution in [-0.2, 0) is 5.88 Å². The zero-order valence-corrected chi connectivity index (χ0v) is 8.44. The van der Waals surface area contributed by atoms with Crippen LogP contribution in [-0.4, -0.2) is 4.98 Å². The van der Waals surface area contributed by atoms with E-state index >= 15 is 0 Å². The number of nitrogens with zero attached hydrogens (tertiary/aromatic N) is 1. The van der Waals surface area contributed by atoms with Gasteiger partial charge in [-0.15, -0.1) is 24.0 Å². The number of rotatable bonds is 1. The molecule has 0 spiro atoms. The Bertz CT molecular complexity index is 218. The summed E-state index contributed by atoms with van der Waals surface area (Å²) in [4.78, 5) is 3.81. The molecular weight excluding hydrogens is 228 g/mol. The fraction of sp³-hybridized carbons (Fsp3) is 0.167. The zero-order valence-electron chi connectivity index (χ0n) is 5.35. The predicted molar refractivity (Wildman–Crippen MR) is 51.1 cm³/mol. The van der Waals surface area contributed by atoms with Gasteiger partial charge >= 0.3 is 0 Å². The monoisotopic (exact) mass is 231 g/mol. The maximum Gasteiger partial charge on any atom is 0.134 e. The lowest BCUT2D eigenvalue weighted by molar-refractivity contribution is 1.25. The second kappa shape index (κ2) is 5.04. The number of hydrogen-bond acceptors (Lipinski definition) is 1. The van der Waals surface area contributed by atoms with Crippen molar-refractivity contribution in [3.8, 4) is 0 Å². The third-order valence-corrected chi connectivity index (χ3v) is 2.03. The van der Waals surface area contributed by atoms with Crippen molar-refractivity contribution in [2.45, 2.75) is 5.88 Å². The van der Waals surface area contributed by atoms with Crippen LogP contribution in [0.15, 0.2) is 12.3 Å². The first kappa shape index (κ1) is 11.3. The molecule has 0 aromatic carbocycles. The first-order valence-electron chi connectivity index (χ1n) is 2.60. The molecule has 0 unspecified atom stereocenters. The highest BCUT2D eigenvalue weighted by Crippen LogP contribution is 2.23. The number of alkyl halides is 1. The smallest absolute Gasteiger partial charge is 0.134 e. The van der Waals surface area contributed by atoms with Gasteiger partial charge in [0, 0.05) is 16.8 Å². The average Bonchev–Trinajstić information content (AvgIpc) is 1.88. The standard InChI is InChI=1S/C6H4Cl3N.ClH/c7-3-4-5(8)1-2-10-6(4)9;/h1-2H,3H2;1H. The van der Waals surface area contributed by atoms with Crippen LogP contribution in [0.5, 0.6) is 0 Å². The molecule has 0 saturated heterocycles. The first-order chi connectivity index (χ1) is 4.75. The first-order valence-corrected chi connectivity index (χ1v) is 3.89. The Hall–Kier alpha value is 0.310. The highest BCUT2D eigenvalue weighted by Gasteiger charge is 2.03. The van der Waals surface area contributed by atoms with Crippen LogP contribution in [0, 0.1) is 0 Å². The molecule has 1 nitrogen and oxygen atoms in total. The SMILES string of the molecule is Cl.ClCc1c(Cl)ccnc1Cl. The van der Waals surface area contributed by atoms with Crippen molar-refractivity contribution >= 4 is 47.2 Å². The van der Waals surface area contributed by atoms with E-state index in [1.165, 1.54) is 0 Å². The minimum absolute atomic E-state index is 0. The van der Waals surface area contributed by atoms with E-state index in [1.807, 2.05) is 0 Å². The van der Waals surface area contributed by atoms with Gasteiger partial charge in [0.2, 0.25) is 0 Å². The van der Waals surface area contributed by atoms with Crippen LogP contribution in [0.4, 0.5) is 0 Å². The van der Waals surface area contributed by atoms with Crippen molar-refractivity contribution in [1.82, 2.24) is 4.98 Å². The molecule has 1 aromatic rings. The summed E-state index contributed by atoms with van der Waals surface area (Å²) >= 11 is 16.9. The maximum atomic E-state index is 5.72. The Labute approximate surface area is 86.1 Å². The Kier molecular flexibility index (Phi) is 5.19. The number of hydrogen-bond donors (Lipinski definition) is 0. The van der Waals surface area contributed by atoms with E-state index in [0.717, 1.165) is 0 Å². The molecule has 1 rings (SSSR count). The van der Waals surface area contributed by atoms with E-state index in [-0.39, 0.29) is 12.4 Å². The van der Waals surface area contributed by atoms with Gasteiger partial charge in [0.25, 0.3) is 0 Å². The molecule has 0 radical (unpaired) electrons. The summed E-state index contributed by atoms with van der Waals surface area (Å²) in [5.41, 5.74) is 0.688. The summed E-state index contributed by atoms with van der Waals surface area (Å²) in [5.74, 6) is 0.297. The van der Waals surface area contributed by atoms with E-state index < -0.39 is 0 Å². The van der Waals surface area contributed by atoms with E-state index in [2.05, 4.69) is 4.98 Å². The van der Waals surface area contributed by atoms with Crippen LogP contribution in [0.1, 0.15) is 5.56 Å². The predicted octanol–water partition coefficient (Wildman–Crippen LogP) is 3.55. The normalized spacial score (nSPS) is 9.00. The Morgan fingerprint density at radius 2 is 2.00 bits per heavy atom. The minimum Gasteiger partial charge on any atom is -0.244 e. The topological polar surface area (TPSA) is 12.9 Å². The van der Waals surface area contributed by atoms with E-state index in [1.54, 1.807) is 12.3 Å². The van der Waals surface area contributed by atoms with Crippen molar-refractivity contribution in [3.05, 3.63) is 28.0 Å². The molecule has 0 fully saturated rings. The second-order valence-electron chi connectivity index (χ2n) is 1.70. The number of halogens is 4. The van der Waals surface area contributed by atoms with Gasteiger partial charge in [0.15, 0.2) is 0 Å². The Morgan fingerprint density at radius 1 is 1.36 bits per heavy atom. The van der Waals surface area contributed by atoms with Crippen LogP contribution >= 0.6 is 47.2 Å². The van der Waals surface area contributed by atoms with Gasteiger partial charge in [0.05, 0.1) is 5.88 Å². The van der Waals surface area contributed by atoms with Crippen molar-refractivity contribution in [2.75, 3.05) is 0 Å². The third kappa shape index (κ3) is 2.68. The summed E-state index contributed by atoms with van der Waals surface area (Å²) in [6.07, 6.45) is 1.54. The molecule has 0 bridgehead atoms. The minimum atomic E-state index is 0. The molecule has 0 aliphatic heterocycles. The average molecular weight is 233 g/mol. The van der Waals surface area contributed by atoms with Gasteiger partial charge in [-0.05, 0) is 6.07 Å². The molecular formula is C6H5Cl4N. The molecule has 0 aliphatic carbocycles. The van der Waals surface area contributed by atoms with Crippen LogP contribution in [0.2, 0.25) is 10.2 Å². The summed E-state index contributed by atoms with van der Waals surface area (Å²) in [6, 6.07) is 1.66. The molecule has 11 heavy (non-hydrogen) atoms. The van der Waals surface area contributed by atoms with E-state index in [4.69, 9.17) is 34.8 Å². The van der Waals surface area contributed by atoms with Gasteiger partial charge in [-0.1, -0.05) is 23.2 Å². The number of pyridine rings is 1.